The highest BCUT2D eigenvalue weighted by molar-refractivity contribution is 7.89. The zero-order valence-corrected chi connectivity index (χ0v) is 14.3. The van der Waals surface area contributed by atoms with Gasteiger partial charge in [-0.2, -0.15) is 5.10 Å². The van der Waals surface area contributed by atoms with Crippen LogP contribution in [0.3, 0.4) is 0 Å². The number of benzene rings is 2. The van der Waals surface area contributed by atoms with Gasteiger partial charge in [0.2, 0.25) is 10.0 Å². The molecule has 0 aromatic heterocycles. The summed E-state index contributed by atoms with van der Waals surface area (Å²) in [4.78, 5) is 20.0. The largest absolute Gasteiger partial charge is 0.295 e. The van der Waals surface area contributed by atoms with E-state index in [1.807, 2.05) is 0 Å². The average molecular weight is 400 g/mol. The van der Waals surface area contributed by atoms with Crippen LogP contribution in [0.2, 0.25) is 5.02 Å². The zero-order chi connectivity index (χ0) is 19.5. The fourth-order valence-corrected chi connectivity index (χ4v) is 2.58. The first-order valence-corrected chi connectivity index (χ1v) is 8.56. The first-order chi connectivity index (χ1) is 12.1. The Balaban J connectivity index is 2.29. The Labute approximate surface area is 151 Å². The van der Waals surface area contributed by atoms with E-state index in [0.717, 1.165) is 18.2 Å². The zero-order valence-electron chi connectivity index (χ0n) is 12.7. The average Bonchev–Trinajstić information content (AvgIpc) is 2.55. The summed E-state index contributed by atoms with van der Waals surface area (Å²) in [5.74, 6) is 0. The van der Waals surface area contributed by atoms with Crippen molar-refractivity contribution in [2.45, 2.75) is 4.90 Å². The molecule has 0 aliphatic rings. The second-order valence-corrected chi connectivity index (χ2v) is 6.79. The van der Waals surface area contributed by atoms with Gasteiger partial charge in [0.1, 0.15) is 10.7 Å². The van der Waals surface area contributed by atoms with Crippen LogP contribution in [0.5, 0.6) is 0 Å². The number of nitrogens with zero attached hydrogens (tertiary/aromatic N) is 3. The van der Waals surface area contributed by atoms with Crippen LogP contribution in [0, 0.1) is 20.2 Å². The van der Waals surface area contributed by atoms with Crippen molar-refractivity contribution in [2.24, 2.45) is 10.2 Å². The third-order valence-corrected chi connectivity index (χ3v) is 4.29. The van der Waals surface area contributed by atoms with Crippen LogP contribution >= 0.6 is 11.6 Å². The standard InChI is InChI=1S/C13H10ClN5O6S/c14-10-3-1-8(5-12(10)18(20)21)7-16-17-11-4-2-9(26(15,24)25)6-13(11)19(22)23/h1-7,17H,(H2,15,24,25). The number of hydrogen-bond acceptors (Lipinski definition) is 8. The topological polar surface area (TPSA) is 171 Å². The predicted octanol–water partition coefficient (Wildman–Crippen LogP) is 2.25. The molecule has 13 heteroatoms. The lowest BCUT2D eigenvalue weighted by Crippen LogP contribution is -2.12. The molecule has 0 aliphatic carbocycles. The molecular weight excluding hydrogens is 390 g/mol. The van der Waals surface area contributed by atoms with Gasteiger partial charge in [0.15, 0.2) is 0 Å². The van der Waals surface area contributed by atoms with Crippen molar-refractivity contribution < 1.29 is 18.3 Å². The number of primary sulfonamides is 1. The Bertz CT molecular complexity index is 1020. The number of nitrogens with two attached hydrogens (primary N) is 1. The SMILES string of the molecule is NS(=O)(=O)c1ccc(NN=Cc2ccc(Cl)c([N+](=O)[O-])c2)c([N+](=O)[O-])c1. The molecule has 2 aromatic carbocycles. The number of halogens is 1. The molecule has 0 unspecified atom stereocenters. The third kappa shape index (κ3) is 4.50. The highest BCUT2D eigenvalue weighted by Crippen LogP contribution is 2.27. The fourth-order valence-electron chi connectivity index (χ4n) is 1.86. The van der Waals surface area contributed by atoms with Gasteiger partial charge in [0.25, 0.3) is 11.4 Å². The Kier molecular flexibility index (Phi) is 5.50. The van der Waals surface area contributed by atoms with E-state index in [4.69, 9.17) is 16.7 Å². The van der Waals surface area contributed by atoms with Crippen molar-refractivity contribution in [2.75, 3.05) is 5.43 Å². The normalized spacial score (nSPS) is 11.5. The lowest BCUT2D eigenvalue weighted by Gasteiger charge is -2.04. The Morgan fingerprint density at radius 1 is 1.08 bits per heavy atom. The molecule has 26 heavy (non-hydrogen) atoms. The van der Waals surface area contributed by atoms with E-state index in [1.165, 1.54) is 24.4 Å². The molecule has 3 N–H and O–H groups in total. The van der Waals surface area contributed by atoms with Gasteiger partial charge >= 0.3 is 0 Å². The highest BCUT2D eigenvalue weighted by Gasteiger charge is 2.19. The molecule has 0 aliphatic heterocycles. The Morgan fingerprint density at radius 2 is 1.73 bits per heavy atom. The lowest BCUT2D eigenvalue weighted by atomic mass is 10.2. The second-order valence-electron chi connectivity index (χ2n) is 4.82. The van der Waals surface area contributed by atoms with Crippen LogP contribution in [-0.2, 0) is 10.0 Å². The number of nitrogens with one attached hydrogen (secondary N) is 1. The lowest BCUT2D eigenvalue weighted by molar-refractivity contribution is -0.384. The van der Waals surface area contributed by atoms with Gasteiger partial charge in [-0.1, -0.05) is 17.7 Å². The molecule has 0 saturated carbocycles. The van der Waals surface area contributed by atoms with Crippen molar-refractivity contribution in [3.63, 3.8) is 0 Å². The number of sulfonamides is 1. The van der Waals surface area contributed by atoms with Crippen molar-refractivity contribution in [3.8, 4) is 0 Å². The van der Waals surface area contributed by atoms with Gasteiger partial charge in [-0.25, -0.2) is 13.6 Å². The molecule has 0 amide bonds. The molecule has 0 heterocycles. The molecular formula is C13H10ClN5O6S. The number of nitro benzene ring substituents is 2. The van der Waals surface area contributed by atoms with Crippen LogP contribution in [0.4, 0.5) is 17.1 Å². The summed E-state index contributed by atoms with van der Waals surface area (Å²) in [5, 5.41) is 30.5. The van der Waals surface area contributed by atoms with Gasteiger partial charge in [0.05, 0.1) is 21.0 Å². The van der Waals surface area contributed by atoms with E-state index in [9.17, 15) is 28.6 Å². The highest BCUT2D eigenvalue weighted by atomic mass is 35.5. The van der Waals surface area contributed by atoms with Crippen LogP contribution in [0.1, 0.15) is 5.56 Å². The summed E-state index contributed by atoms with van der Waals surface area (Å²) in [6.45, 7) is 0. The summed E-state index contributed by atoms with van der Waals surface area (Å²) in [5.41, 5.74) is 1.72. The van der Waals surface area contributed by atoms with E-state index >= 15 is 0 Å². The molecule has 136 valence electrons. The van der Waals surface area contributed by atoms with E-state index < -0.39 is 30.5 Å². The molecule has 2 aromatic rings. The number of anilines is 1. The summed E-state index contributed by atoms with van der Waals surface area (Å²) in [7, 11) is -4.10. The molecule has 0 radical (unpaired) electrons. The first kappa shape index (κ1) is 19.2. The quantitative estimate of drug-likeness (QED) is 0.425. The van der Waals surface area contributed by atoms with E-state index in [2.05, 4.69) is 10.5 Å². The molecule has 0 atom stereocenters. The number of rotatable bonds is 6. The smallest absolute Gasteiger partial charge is 0.272 e. The van der Waals surface area contributed by atoms with Crippen LogP contribution < -0.4 is 10.6 Å². The summed E-state index contributed by atoms with van der Waals surface area (Å²) in [6.07, 6.45) is 1.18. The Morgan fingerprint density at radius 3 is 2.31 bits per heavy atom. The molecule has 0 saturated heterocycles. The van der Waals surface area contributed by atoms with Crippen molar-refractivity contribution >= 4 is 44.9 Å². The van der Waals surface area contributed by atoms with Gasteiger partial charge in [0, 0.05) is 17.7 Å². The first-order valence-electron chi connectivity index (χ1n) is 6.64. The van der Waals surface area contributed by atoms with E-state index in [0.29, 0.717) is 5.56 Å². The molecule has 0 spiro atoms. The van der Waals surface area contributed by atoms with Crippen LogP contribution in [0.15, 0.2) is 46.4 Å². The maximum absolute atomic E-state index is 11.3. The van der Waals surface area contributed by atoms with Crippen molar-refractivity contribution in [1.29, 1.82) is 0 Å². The predicted molar refractivity (Wildman–Crippen MR) is 93.8 cm³/mol. The summed E-state index contributed by atoms with van der Waals surface area (Å²) >= 11 is 5.69. The monoisotopic (exact) mass is 399 g/mol. The van der Waals surface area contributed by atoms with E-state index in [1.54, 1.807) is 0 Å². The van der Waals surface area contributed by atoms with Gasteiger partial charge in [-0.05, 0) is 18.2 Å². The minimum Gasteiger partial charge on any atom is -0.272 e. The summed E-state index contributed by atoms with van der Waals surface area (Å²) in [6, 6.07) is 6.93. The maximum atomic E-state index is 11.3. The molecule has 0 fully saturated rings. The molecule has 2 rings (SSSR count). The van der Waals surface area contributed by atoms with Crippen molar-refractivity contribution in [1.82, 2.24) is 0 Å². The Hall–Kier alpha value is -3.09. The molecule has 11 nitrogen and oxygen atoms in total. The number of hydrazone groups is 1. The maximum Gasteiger partial charge on any atom is 0.295 e. The van der Waals surface area contributed by atoms with Crippen molar-refractivity contribution in [3.05, 3.63) is 67.2 Å². The van der Waals surface area contributed by atoms with Crippen LogP contribution in [-0.4, -0.2) is 24.5 Å². The second kappa shape index (κ2) is 7.43. The van der Waals surface area contributed by atoms with Gasteiger partial charge < -0.3 is 0 Å². The summed E-state index contributed by atoms with van der Waals surface area (Å²) < 4.78 is 22.5. The minimum absolute atomic E-state index is 0.0469. The van der Waals surface area contributed by atoms with Crippen LogP contribution in [0.25, 0.3) is 0 Å². The third-order valence-electron chi connectivity index (χ3n) is 3.06. The number of nitro groups is 2. The minimum atomic E-state index is -4.10. The van der Waals surface area contributed by atoms with Gasteiger partial charge in [-0.3, -0.25) is 25.7 Å². The molecule has 0 bridgehead atoms. The van der Waals surface area contributed by atoms with Gasteiger partial charge in [-0.15, -0.1) is 0 Å². The van der Waals surface area contributed by atoms with E-state index in [-0.39, 0.29) is 16.4 Å². The fraction of sp³-hybridized carbons (Fsp3) is 0. The number of hydrogen-bond donors (Lipinski definition) is 2.